The molecule has 0 aromatic heterocycles. The van der Waals surface area contributed by atoms with E-state index in [1.54, 1.807) is 0 Å². The van der Waals surface area contributed by atoms with Gasteiger partial charge in [0.25, 0.3) is 0 Å². The molecule has 1 heterocycles. The van der Waals surface area contributed by atoms with Crippen molar-refractivity contribution in [1.82, 2.24) is 4.90 Å². The van der Waals surface area contributed by atoms with Crippen LogP contribution < -0.4 is 5.32 Å². The number of anilines is 1. The van der Waals surface area contributed by atoms with Gasteiger partial charge in [0.1, 0.15) is 0 Å². The fourth-order valence-electron chi connectivity index (χ4n) is 2.66. The largest absolute Gasteiger partial charge is 0.481 e. The lowest BCUT2D eigenvalue weighted by Gasteiger charge is -2.21. The Hall–Kier alpha value is -1.55. The van der Waals surface area contributed by atoms with Crippen LogP contribution in [-0.2, 0) is 11.3 Å². The van der Waals surface area contributed by atoms with Gasteiger partial charge in [0.05, 0.1) is 0 Å². The Morgan fingerprint density at radius 1 is 1.35 bits per heavy atom. The highest BCUT2D eigenvalue weighted by atomic mass is 16.4. The number of benzene rings is 1. The molecule has 2 N–H and O–H groups in total. The summed E-state index contributed by atoms with van der Waals surface area (Å²) in [4.78, 5) is 13.1. The molecular weight excluding hydrogens is 252 g/mol. The zero-order valence-corrected chi connectivity index (χ0v) is 12.1. The van der Waals surface area contributed by atoms with Crippen molar-refractivity contribution in [3.8, 4) is 0 Å². The summed E-state index contributed by atoms with van der Waals surface area (Å²) in [6.45, 7) is 5.39. The van der Waals surface area contributed by atoms with Crippen LogP contribution in [0, 0.1) is 0 Å². The molecule has 20 heavy (non-hydrogen) atoms. The predicted octanol–water partition coefficient (Wildman–Crippen LogP) is 2.95. The van der Waals surface area contributed by atoms with Crippen LogP contribution in [-0.4, -0.2) is 35.1 Å². The molecule has 1 aliphatic heterocycles. The molecule has 0 saturated carbocycles. The van der Waals surface area contributed by atoms with E-state index in [4.69, 9.17) is 5.11 Å². The minimum absolute atomic E-state index is 0.172. The van der Waals surface area contributed by atoms with E-state index >= 15 is 0 Å². The number of carboxylic acids is 1. The first-order valence-electron chi connectivity index (χ1n) is 7.44. The Kier molecular flexibility index (Phi) is 5.41. The summed E-state index contributed by atoms with van der Waals surface area (Å²) in [7, 11) is 0. The Balaban J connectivity index is 1.94. The van der Waals surface area contributed by atoms with Crippen LogP contribution in [0.15, 0.2) is 24.3 Å². The molecule has 1 aromatic rings. The molecule has 110 valence electrons. The van der Waals surface area contributed by atoms with Crippen LogP contribution >= 0.6 is 0 Å². The quantitative estimate of drug-likeness (QED) is 0.804. The fourth-order valence-corrected chi connectivity index (χ4v) is 2.66. The molecule has 0 radical (unpaired) electrons. The van der Waals surface area contributed by atoms with Gasteiger partial charge in [-0.1, -0.05) is 18.2 Å². The molecular formula is C16H24N2O2. The summed E-state index contributed by atoms with van der Waals surface area (Å²) in [5.74, 6) is -0.732. The second-order valence-electron chi connectivity index (χ2n) is 5.62. The van der Waals surface area contributed by atoms with Gasteiger partial charge in [-0.15, -0.1) is 0 Å². The van der Waals surface area contributed by atoms with Crippen molar-refractivity contribution < 1.29 is 9.90 Å². The molecule has 2 rings (SSSR count). The van der Waals surface area contributed by atoms with Gasteiger partial charge in [-0.05, 0) is 50.9 Å². The third kappa shape index (κ3) is 4.53. The zero-order chi connectivity index (χ0) is 14.4. The number of hydrogen-bond acceptors (Lipinski definition) is 3. The molecule has 0 aliphatic carbocycles. The lowest BCUT2D eigenvalue weighted by Crippen LogP contribution is -2.21. The average molecular weight is 276 g/mol. The van der Waals surface area contributed by atoms with E-state index in [1.165, 1.54) is 31.5 Å². The number of nitrogens with one attached hydrogen (secondary N) is 1. The first-order valence-corrected chi connectivity index (χ1v) is 7.44. The van der Waals surface area contributed by atoms with Crippen molar-refractivity contribution in [3.05, 3.63) is 29.8 Å². The molecule has 0 amide bonds. The molecule has 4 heteroatoms. The maximum atomic E-state index is 10.6. The monoisotopic (exact) mass is 276 g/mol. The number of carbonyl (C=O) groups is 1. The predicted molar refractivity (Wildman–Crippen MR) is 80.9 cm³/mol. The second kappa shape index (κ2) is 7.29. The third-order valence-corrected chi connectivity index (χ3v) is 3.80. The number of nitrogens with zero attached hydrogens (tertiary/aromatic N) is 1. The summed E-state index contributed by atoms with van der Waals surface area (Å²) >= 11 is 0. The zero-order valence-electron chi connectivity index (χ0n) is 12.1. The van der Waals surface area contributed by atoms with Crippen LogP contribution in [0.4, 0.5) is 5.69 Å². The molecule has 4 nitrogen and oxygen atoms in total. The van der Waals surface area contributed by atoms with Gasteiger partial charge in [0, 0.05) is 24.7 Å². The average Bonchev–Trinajstić information content (AvgIpc) is 2.92. The summed E-state index contributed by atoms with van der Waals surface area (Å²) in [5.41, 5.74) is 2.44. The van der Waals surface area contributed by atoms with Crippen molar-refractivity contribution in [1.29, 1.82) is 0 Å². The summed E-state index contributed by atoms with van der Waals surface area (Å²) in [6.07, 6.45) is 3.45. The Morgan fingerprint density at radius 2 is 2.05 bits per heavy atom. The first-order chi connectivity index (χ1) is 9.65. The van der Waals surface area contributed by atoms with Crippen molar-refractivity contribution in [2.75, 3.05) is 18.4 Å². The van der Waals surface area contributed by atoms with E-state index in [-0.39, 0.29) is 12.5 Å². The number of rotatable bonds is 7. The second-order valence-corrected chi connectivity index (χ2v) is 5.62. The van der Waals surface area contributed by atoms with E-state index in [9.17, 15) is 4.79 Å². The minimum Gasteiger partial charge on any atom is -0.481 e. The number of likely N-dealkylation sites (tertiary alicyclic amines) is 1. The van der Waals surface area contributed by atoms with Gasteiger partial charge in [0.15, 0.2) is 0 Å². The number of carboxylic acid groups (broad SMARTS) is 1. The first kappa shape index (κ1) is 14.9. The maximum Gasteiger partial charge on any atom is 0.303 e. The van der Waals surface area contributed by atoms with Crippen LogP contribution in [0.5, 0.6) is 0 Å². The maximum absolute atomic E-state index is 10.6. The Labute approximate surface area is 120 Å². The van der Waals surface area contributed by atoms with Gasteiger partial charge in [-0.2, -0.15) is 0 Å². The van der Waals surface area contributed by atoms with Crippen LogP contribution in [0.1, 0.15) is 38.2 Å². The van der Waals surface area contributed by atoms with E-state index in [0.717, 1.165) is 12.2 Å². The van der Waals surface area contributed by atoms with Crippen molar-refractivity contribution in [2.45, 2.75) is 45.2 Å². The summed E-state index contributed by atoms with van der Waals surface area (Å²) in [6, 6.07) is 8.51. The fraction of sp³-hybridized carbons (Fsp3) is 0.562. The summed E-state index contributed by atoms with van der Waals surface area (Å²) in [5, 5.41) is 12.2. The lowest BCUT2D eigenvalue weighted by molar-refractivity contribution is -0.137. The molecule has 1 fully saturated rings. The molecule has 1 aliphatic rings. The molecule has 1 aromatic carbocycles. The molecule has 1 unspecified atom stereocenters. The highest BCUT2D eigenvalue weighted by Gasteiger charge is 2.14. The number of aliphatic carboxylic acids is 1. The SMILES string of the molecule is CC(CCC(=O)O)Nc1ccccc1CN1CCCC1. The van der Waals surface area contributed by atoms with Gasteiger partial charge in [0.2, 0.25) is 0 Å². The van der Waals surface area contributed by atoms with Gasteiger partial charge >= 0.3 is 5.97 Å². The van der Waals surface area contributed by atoms with Crippen molar-refractivity contribution in [3.63, 3.8) is 0 Å². The standard InChI is InChI=1S/C16H24N2O2/c1-13(8-9-16(19)20)17-15-7-3-2-6-14(15)12-18-10-4-5-11-18/h2-3,6-7,13,17H,4-5,8-12H2,1H3,(H,19,20). The van der Waals surface area contributed by atoms with E-state index in [2.05, 4.69) is 28.4 Å². The molecule has 0 bridgehead atoms. The van der Waals surface area contributed by atoms with Crippen molar-refractivity contribution >= 4 is 11.7 Å². The normalized spacial score (nSPS) is 17.1. The highest BCUT2D eigenvalue weighted by molar-refractivity contribution is 5.66. The van der Waals surface area contributed by atoms with Crippen LogP contribution in [0.2, 0.25) is 0 Å². The van der Waals surface area contributed by atoms with Crippen molar-refractivity contribution in [2.24, 2.45) is 0 Å². The highest BCUT2D eigenvalue weighted by Crippen LogP contribution is 2.21. The third-order valence-electron chi connectivity index (χ3n) is 3.80. The van der Waals surface area contributed by atoms with Gasteiger partial charge in [-0.3, -0.25) is 9.69 Å². The summed E-state index contributed by atoms with van der Waals surface area (Å²) < 4.78 is 0. The van der Waals surface area contributed by atoms with Gasteiger partial charge < -0.3 is 10.4 Å². The van der Waals surface area contributed by atoms with E-state index < -0.39 is 5.97 Å². The van der Waals surface area contributed by atoms with Gasteiger partial charge in [-0.25, -0.2) is 0 Å². The Morgan fingerprint density at radius 3 is 2.75 bits per heavy atom. The Bertz CT molecular complexity index is 442. The number of hydrogen-bond donors (Lipinski definition) is 2. The molecule has 1 atom stereocenters. The smallest absolute Gasteiger partial charge is 0.303 e. The molecule has 1 saturated heterocycles. The lowest BCUT2D eigenvalue weighted by atomic mass is 10.1. The van der Waals surface area contributed by atoms with E-state index in [1.807, 2.05) is 13.0 Å². The topological polar surface area (TPSA) is 52.6 Å². The van der Waals surface area contributed by atoms with Crippen LogP contribution in [0.25, 0.3) is 0 Å². The van der Waals surface area contributed by atoms with E-state index in [0.29, 0.717) is 6.42 Å². The van der Waals surface area contributed by atoms with Crippen LogP contribution in [0.3, 0.4) is 0 Å². The minimum atomic E-state index is -0.732. The number of para-hydroxylation sites is 1. The molecule has 0 spiro atoms.